The smallest absolute Gasteiger partial charge is 0.353 e. The van der Waals surface area contributed by atoms with Crippen molar-refractivity contribution in [2.24, 2.45) is 5.92 Å². The Balaban J connectivity index is 1.51. The normalized spacial score (nSPS) is 17.2. The van der Waals surface area contributed by atoms with Gasteiger partial charge in [-0.3, -0.25) is 4.79 Å². The SMILES string of the molecule is CN(C)C(=O)c1ccc(CNC[C@@H]2CCc3nc(C(F)(F)F)cn3C2)[nH]1. The van der Waals surface area contributed by atoms with Crippen LogP contribution in [0, 0.1) is 5.92 Å². The summed E-state index contributed by atoms with van der Waals surface area (Å²) in [5.74, 6) is 0.664. The molecule has 0 radical (unpaired) electrons. The third kappa shape index (κ3) is 4.09. The maximum absolute atomic E-state index is 12.8. The van der Waals surface area contributed by atoms with Crippen LogP contribution in [0.5, 0.6) is 0 Å². The molecule has 2 N–H and O–H groups in total. The van der Waals surface area contributed by atoms with E-state index in [1.165, 1.54) is 4.90 Å². The molecule has 0 aromatic carbocycles. The zero-order chi connectivity index (χ0) is 18.9. The Labute approximate surface area is 149 Å². The van der Waals surface area contributed by atoms with Crippen LogP contribution in [0.25, 0.3) is 0 Å². The highest BCUT2D eigenvalue weighted by Gasteiger charge is 2.35. The summed E-state index contributed by atoms with van der Waals surface area (Å²) < 4.78 is 39.9. The third-order valence-electron chi connectivity index (χ3n) is 4.51. The molecule has 0 unspecified atom stereocenters. The summed E-state index contributed by atoms with van der Waals surface area (Å²) in [4.78, 5) is 20.1. The predicted octanol–water partition coefficient (Wildman–Crippen LogP) is 2.28. The number of aromatic amines is 1. The van der Waals surface area contributed by atoms with Gasteiger partial charge in [0.2, 0.25) is 0 Å². The molecule has 3 heterocycles. The number of halogens is 3. The molecule has 0 saturated carbocycles. The van der Waals surface area contributed by atoms with Crippen LogP contribution >= 0.6 is 0 Å². The number of aryl methyl sites for hydroxylation is 1. The van der Waals surface area contributed by atoms with E-state index < -0.39 is 11.9 Å². The van der Waals surface area contributed by atoms with Crippen molar-refractivity contribution in [2.75, 3.05) is 20.6 Å². The molecular weight excluding hydrogens is 347 g/mol. The number of nitrogens with one attached hydrogen (secondary N) is 2. The van der Waals surface area contributed by atoms with Crippen molar-refractivity contribution in [2.45, 2.75) is 32.1 Å². The number of carbonyl (C=O) groups is 1. The highest BCUT2D eigenvalue weighted by Crippen LogP contribution is 2.30. The summed E-state index contributed by atoms with van der Waals surface area (Å²) in [6, 6.07) is 3.60. The van der Waals surface area contributed by atoms with E-state index in [4.69, 9.17) is 0 Å². The monoisotopic (exact) mass is 369 g/mol. The summed E-state index contributed by atoms with van der Waals surface area (Å²) in [5.41, 5.74) is 0.617. The molecule has 2 aromatic rings. The zero-order valence-electron chi connectivity index (χ0n) is 14.7. The number of H-pyrrole nitrogens is 1. The fourth-order valence-corrected chi connectivity index (χ4v) is 3.14. The minimum atomic E-state index is -4.40. The van der Waals surface area contributed by atoms with E-state index >= 15 is 0 Å². The maximum Gasteiger partial charge on any atom is 0.434 e. The summed E-state index contributed by atoms with van der Waals surface area (Å²) in [6.45, 7) is 1.79. The standard InChI is InChI=1S/C17H22F3N5O/c1-24(2)16(26)13-5-4-12(22-13)8-21-7-11-3-6-15-23-14(17(18,19)20)10-25(15)9-11/h4-5,10-11,21-22H,3,6-9H2,1-2H3/t11-/m0/s1. The number of fused-ring (bicyclic) bond motifs is 1. The lowest BCUT2D eigenvalue weighted by atomic mass is 9.99. The number of hydrogen-bond donors (Lipinski definition) is 2. The number of hydrogen-bond acceptors (Lipinski definition) is 3. The lowest BCUT2D eigenvalue weighted by molar-refractivity contribution is -0.141. The number of nitrogens with zero attached hydrogens (tertiary/aromatic N) is 3. The molecule has 142 valence electrons. The number of amides is 1. The van der Waals surface area contributed by atoms with Crippen LogP contribution in [0.3, 0.4) is 0 Å². The molecule has 0 bridgehead atoms. The molecule has 0 saturated heterocycles. The Morgan fingerprint density at radius 3 is 2.88 bits per heavy atom. The second kappa shape index (κ2) is 7.14. The van der Waals surface area contributed by atoms with Crippen LogP contribution in [-0.4, -0.2) is 46.0 Å². The fourth-order valence-electron chi connectivity index (χ4n) is 3.14. The zero-order valence-corrected chi connectivity index (χ0v) is 14.7. The van der Waals surface area contributed by atoms with Crippen molar-refractivity contribution in [1.29, 1.82) is 0 Å². The number of carbonyl (C=O) groups excluding carboxylic acids is 1. The minimum absolute atomic E-state index is 0.0864. The van der Waals surface area contributed by atoms with E-state index in [1.807, 2.05) is 6.07 Å². The minimum Gasteiger partial charge on any atom is -0.353 e. The Morgan fingerprint density at radius 2 is 2.19 bits per heavy atom. The van der Waals surface area contributed by atoms with E-state index in [0.29, 0.717) is 37.6 Å². The van der Waals surface area contributed by atoms with Gasteiger partial charge < -0.3 is 19.8 Å². The maximum atomic E-state index is 12.8. The molecule has 0 fully saturated rings. The largest absolute Gasteiger partial charge is 0.434 e. The van der Waals surface area contributed by atoms with E-state index in [-0.39, 0.29) is 11.8 Å². The van der Waals surface area contributed by atoms with E-state index in [2.05, 4.69) is 15.3 Å². The number of imidazole rings is 1. The lowest BCUT2D eigenvalue weighted by Gasteiger charge is -2.23. The molecule has 1 aliphatic heterocycles. The molecule has 26 heavy (non-hydrogen) atoms. The second-order valence-electron chi connectivity index (χ2n) is 6.82. The fraction of sp³-hybridized carbons (Fsp3) is 0.529. The van der Waals surface area contributed by atoms with Gasteiger partial charge in [0.25, 0.3) is 5.91 Å². The number of rotatable bonds is 5. The molecular formula is C17H22F3N5O. The van der Waals surface area contributed by atoms with Crippen LogP contribution in [0.4, 0.5) is 13.2 Å². The summed E-state index contributed by atoms with van der Waals surface area (Å²) in [7, 11) is 3.39. The third-order valence-corrected chi connectivity index (χ3v) is 4.51. The van der Waals surface area contributed by atoms with Gasteiger partial charge in [-0.05, 0) is 24.5 Å². The van der Waals surface area contributed by atoms with Gasteiger partial charge in [0.05, 0.1) is 0 Å². The Morgan fingerprint density at radius 1 is 1.42 bits per heavy atom. The van der Waals surface area contributed by atoms with Crippen LogP contribution in [0.15, 0.2) is 18.3 Å². The van der Waals surface area contributed by atoms with Gasteiger partial charge in [-0.1, -0.05) is 0 Å². The Hall–Kier alpha value is -2.29. The molecule has 0 aliphatic carbocycles. The molecule has 1 atom stereocenters. The molecule has 0 spiro atoms. The van der Waals surface area contributed by atoms with Gasteiger partial charge in [-0.15, -0.1) is 0 Å². The van der Waals surface area contributed by atoms with Crippen molar-refractivity contribution in [3.8, 4) is 0 Å². The molecule has 1 aliphatic rings. The molecule has 9 heteroatoms. The van der Waals surface area contributed by atoms with Gasteiger partial charge in [0, 0.05) is 52.0 Å². The van der Waals surface area contributed by atoms with Gasteiger partial charge in [-0.2, -0.15) is 13.2 Å². The van der Waals surface area contributed by atoms with E-state index in [1.54, 1.807) is 24.7 Å². The first-order chi connectivity index (χ1) is 12.2. The van der Waals surface area contributed by atoms with Gasteiger partial charge in [0.15, 0.2) is 5.69 Å². The molecule has 3 rings (SSSR count). The molecule has 1 amide bonds. The van der Waals surface area contributed by atoms with E-state index in [9.17, 15) is 18.0 Å². The topological polar surface area (TPSA) is 66.0 Å². The van der Waals surface area contributed by atoms with Crippen LogP contribution in [0.1, 0.15) is 34.1 Å². The van der Waals surface area contributed by atoms with Crippen LogP contribution in [-0.2, 0) is 25.7 Å². The number of aromatic nitrogens is 3. The second-order valence-corrected chi connectivity index (χ2v) is 6.82. The lowest BCUT2D eigenvalue weighted by Crippen LogP contribution is -2.29. The van der Waals surface area contributed by atoms with Crippen molar-refractivity contribution in [3.63, 3.8) is 0 Å². The van der Waals surface area contributed by atoms with Crippen molar-refractivity contribution >= 4 is 5.91 Å². The quantitative estimate of drug-likeness (QED) is 0.850. The highest BCUT2D eigenvalue weighted by atomic mass is 19.4. The molecule has 2 aromatic heterocycles. The first-order valence-electron chi connectivity index (χ1n) is 8.47. The average molecular weight is 369 g/mol. The summed E-state index contributed by atoms with van der Waals surface area (Å²) in [6.07, 6.45) is -1.94. The summed E-state index contributed by atoms with van der Waals surface area (Å²) >= 11 is 0. The van der Waals surface area contributed by atoms with Crippen molar-refractivity contribution in [3.05, 3.63) is 41.2 Å². The Bertz CT molecular complexity index is 778. The Kier molecular flexibility index (Phi) is 5.08. The summed E-state index contributed by atoms with van der Waals surface area (Å²) in [5, 5.41) is 3.31. The van der Waals surface area contributed by atoms with Crippen molar-refractivity contribution < 1.29 is 18.0 Å². The average Bonchev–Trinajstić information content (AvgIpc) is 3.19. The molecule has 6 nitrogen and oxygen atoms in total. The van der Waals surface area contributed by atoms with Crippen molar-refractivity contribution in [1.82, 2.24) is 24.8 Å². The first-order valence-corrected chi connectivity index (χ1v) is 8.47. The van der Waals surface area contributed by atoms with Crippen LogP contribution in [0.2, 0.25) is 0 Å². The van der Waals surface area contributed by atoms with Crippen LogP contribution < -0.4 is 5.32 Å². The predicted molar refractivity (Wildman–Crippen MR) is 89.6 cm³/mol. The first kappa shape index (κ1) is 18.5. The van der Waals surface area contributed by atoms with Gasteiger partial charge in [0.1, 0.15) is 11.5 Å². The van der Waals surface area contributed by atoms with E-state index in [0.717, 1.165) is 18.3 Å². The van der Waals surface area contributed by atoms with Gasteiger partial charge in [-0.25, -0.2) is 4.98 Å². The number of alkyl halides is 3. The highest BCUT2D eigenvalue weighted by molar-refractivity contribution is 5.92. The van der Waals surface area contributed by atoms with Gasteiger partial charge >= 0.3 is 6.18 Å².